The number of thioether (sulfide) groups is 1. The average Bonchev–Trinajstić information content (AvgIpc) is 3.50. The molecule has 2 aliphatic heterocycles. The molecule has 2 aromatic heterocycles. The van der Waals surface area contributed by atoms with Crippen molar-refractivity contribution in [3.05, 3.63) is 76.5 Å². The third-order valence-electron chi connectivity index (χ3n) is 7.55. The van der Waals surface area contributed by atoms with Crippen LogP contribution in [0.1, 0.15) is 47.1 Å². The zero-order valence-corrected chi connectivity index (χ0v) is 22.9. The van der Waals surface area contributed by atoms with Gasteiger partial charge in [0, 0.05) is 30.5 Å². The number of carboxylic acid groups (broad SMARTS) is 1. The first-order valence-corrected chi connectivity index (χ1v) is 14.5. The molecule has 2 fully saturated rings. The summed E-state index contributed by atoms with van der Waals surface area (Å²) in [5.74, 6) is 0.214. The van der Waals surface area contributed by atoms with Crippen LogP contribution in [-0.2, 0) is 23.6 Å². The van der Waals surface area contributed by atoms with E-state index in [1.165, 1.54) is 6.07 Å². The quantitative estimate of drug-likeness (QED) is 0.261. The second-order valence-electron chi connectivity index (χ2n) is 10.1. The van der Waals surface area contributed by atoms with Gasteiger partial charge in [-0.2, -0.15) is 5.10 Å². The molecule has 1 N–H and O–H groups in total. The third kappa shape index (κ3) is 5.70. The zero-order valence-electron chi connectivity index (χ0n) is 21.3. The molecule has 204 valence electrons. The van der Waals surface area contributed by atoms with Gasteiger partial charge in [-0.05, 0) is 61.2 Å². The van der Waals surface area contributed by atoms with Crippen molar-refractivity contribution in [2.75, 3.05) is 19.7 Å². The summed E-state index contributed by atoms with van der Waals surface area (Å²) in [7, 11) is 0. The highest BCUT2D eigenvalue weighted by Crippen LogP contribution is 2.31. The van der Waals surface area contributed by atoms with Crippen LogP contribution in [0.4, 0.5) is 4.39 Å². The maximum Gasteiger partial charge on any atom is 0.335 e. The van der Waals surface area contributed by atoms with E-state index in [1.54, 1.807) is 42.1 Å². The first-order valence-electron chi connectivity index (χ1n) is 13.1. The standard InChI is InChI=1S/C28H29ClFN5O3S/c29-20-3-1-19(23(30)14-20)17-39-27-5-9-31-35(27)21-6-10-33(11-7-21)16-26-32-24-4-2-18(28(36)37)13-25(24)34(26)15-22-8-12-38-22/h1-5,9,13-14,21-22H,6-8,10-12,15-17H2,(H,36,37)/t22-/m0/s1. The number of aromatic carboxylic acids is 1. The molecule has 2 aliphatic rings. The van der Waals surface area contributed by atoms with Crippen molar-refractivity contribution in [2.24, 2.45) is 0 Å². The van der Waals surface area contributed by atoms with Gasteiger partial charge in [0.25, 0.3) is 0 Å². The fourth-order valence-corrected chi connectivity index (χ4v) is 6.45. The van der Waals surface area contributed by atoms with Gasteiger partial charge in [0.2, 0.25) is 0 Å². The van der Waals surface area contributed by atoms with Crippen LogP contribution in [0.2, 0.25) is 5.02 Å². The number of benzene rings is 2. The smallest absolute Gasteiger partial charge is 0.335 e. The van der Waals surface area contributed by atoms with Crippen LogP contribution < -0.4 is 0 Å². The van der Waals surface area contributed by atoms with Gasteiger partial charge in [-0.25, -0.2) is 14.2 Å². The largest absolute Gasteiger partial charge is 0.478 e. The molecular weight excluding hydrogens is 541 g/mol. The van der Waals surface area contributed by atoms with Crippen LogP contribution in [0.3, 0.4) is 0 Å². The maximum atomic E-state index is 14.2. The number of carboxylic acids is 1. The van der Waals surface area contributed by atoms with E-state index in [2.05, 4.69) is 19.2 Å². The Bertz CT molecular complexity index is 1500. The minimum atomic E-state index is -0.942. The number of halogens is 2. The van der Waals surface area contributed by atoms with Crippen LogP contribution in [0.15, 0.2) is 53.7 Å². The molecule has 0 spiro atoms. The molecule has 2 saturated heterocycles. The lowest BCUT2D eigenvalue weighted by molar-refractivity contribution is -0.0592. The lowest BCUT2D eigenvalue weighted by Gasteiger charge is -2.33. The topological polar surface area (TPSA) is 85.4 Å². The fraction of sp³-hybridized carbons (Fsp3) is 0.393. The van der Waals surface area contributed by atoms with E-state index in [9.17, 15) is 14.3 Å². The Balaban J connectivity index is 1.12. The van der Waals surface area contributed by atoms with Gasteiger partial charge in [0.05, 0.1) is 53.1 Å². The van der Waals surface area contributed by atoms with Crippen molar-refractivity contribution in [1.29, 1.82) is 0 Å². The van der Waals surface area contributed by atoms with Gasteiger partial charge in [0.1, 0.15) is 11.6 Å². The number of likely N-dealkylation sites (tertiary alicyclic amines) is 1. The Morgan fingerprint density at radius 1 is 1.15 bits per heavy atom. The van der Waals surface area contributed by atoms with E-state index < -0.39 is 5.97 Å². The van der Waals surface area contributed by atoms with Gasteiger partial charge in [-0.1, -0.05) is 17.7 Å². The predicted octanol–water partition coefficient (Wildman–Crippen LogP) is 5.64. The van der Waals surface area contributed by atoms with Crippen LogP contribution in [0.25, 0.3) is 11.0 Å². The molecule has 1 atom stereocenters. The number of nitrogens with zero attached hydrogens (tertiary/aromatic N) is 5. The number of hydrogen-bond acceptors (Lipinski definition) is 6. The van der Waals surface area contributed by atoms with Crippen LogP contribution >= 0.6 is 23.4 Å². The minimum absolute atomic E-state index is 0.137. The Morgan fingerprint density at radius 2 is 1.97 bits per heavy atom. The molecular formula is C28H29ClFN5O3S. The van der Waals surface area contributed by atoms with E-state index in [0.717, 1.165) is 60.8 Å². The summed E-state index contributed by atoms with van der Waals surface area (Å²) in [6.07, 6.45) is 4.83. The second kappa shape index (κ2) is 11.3. The summed E-state index contributed by atoms with van der Waals surface area (Å²) < 4.78 is 24.1. The van der Waals surface area contributed by atoms with Crippen LogP contribution in [-0.4, -0.2) is 61.1 Å². The number of carbonyl (C=O) groups is 1. The molecule has 6 rings (SSSR count). The summed E-state index contributed by atoms with van der Waals surface area (Å²) >= 11 is 7.47. The lowest BCUT2D eigenvalue weighted by atomic mass is 10.1. The van der Waals surface area contributed by atoms with Crippen molar-refractivity contribution in [1.82, 2.24) is 24.2 Å². The highest BCUT2D eigenvalue weighted by atomic mass is 35.5. The number of rotatable bonds is 9. The number of ether oxygens (including phenoxy) is 1. The molecule has 0 bridgehead atoms. The molecule has 0 amide bonds. The Hall–Kier alpha value is -2.92. The molecule has 2 aromatic carbocycles. The molecule has 0 saturated carbocycles. The average molecular weight is 570 g/mol. The van der Waals surface area contributed by atoms with E-state index in [0.29, 0.717) is 29.4 Å². The van der Waals surface area contributed by atoms with E-state index in [1.807, 2.05) is 12.3 Å². The van der Waals surface area contributed by atoms with Gasteiger partial charge in [-0.15, -0.1) is 11.8 Å². The number of hydrogen-bond donors (Lipinski definition) is 1. The number of aromatic nitrogens is 4. The Morgan fingerprint density at radius 3 is 2.69 bits per heavy atom. The fourth-order valence-electron chi connectivity index (χ4n) is 5.27. The molecule has 0 radical (unpaired) electrons. The van der Waals surface area contributed by atoms with E-state index >= 15 is 0 Å². The van der Waals surface area contributed by atoms with Crippen LogP contribution in [0.5, 0.6) is 0 Å². The molecule has 0 unspecified atom stereocenters. The van der Waals surface area contributed by atoms with Crippen molar-refractivity contribution in [2.45, 2.75) is 55.3 Å². The van der Waals surface area contributed by atoms with Crippen LogP contribution in [0, 0.1) is 5.82 Å². The Kier molecular flexibility index (Phi) is 7.61. The van der Waals surface area contributed by atoms with Crippen molar-refractivity contribution in [3.8, 4) is 0 Å². The summed E-state index contributed by atoms with van der Waals surface area (Å²) in [6, 6.07) is 12.2. The summed E-state index contributed by atoms with van der Waals surface area (Å²) in [5.41, 5.74) is 2.53. The third-order valence-corrected chi connectivity index (χ3v) is 8.86. The molecule has 8 nitrogen and oxygen atoms in total. The Labute approximate surface area is 234 Å². The number of piperidine rings is 1. The molecule has 4 heterocycles. The summed E-state index contributed by atoms with van der Waals surface area (Å²) in [4.78, 5) is 18.8. The number of imidazole rings is 1. The minimum Gasteiger partial charge on any atom is -0.478 e. The summed E-state index contributed by atoms with van der Waals surface area (Å²) in [5, 5.41) is 15.5. The predicted molar refractivity (Wildman–Crippen MR) is 148 cm³/mol. The first-order chi connectivity index (χ1) is 18.9. The van der Waals surface area contributed by atoms with Gasteiger partial charge in [-0.3, -0.25) is 9.58 Å². The second-order valence-corrected chi connectivity index (χ2v) is 11.5. The molecule has 39 heavy (non-hydrogen) atoms. The van der Waals surface area contributed by atoms with Gasteiger partial charge < -0.3 is 14.4 Å². The normalized spacial score (nSPS) is 18.5. The van der Waals surface area contributed by atoms with Gasteiger partial charge in [0.15, 0.2) is 0 Å². The van der Waals surface area contributed by atoms with E-state index in [-0.39, 0.29) is 23.5 Å². The highest BCUT2D eigenvalue weighted by Gasteiger charge is 2.26. The van der Waals surface area contributed by atoms with Crippen molar-refractivity contribution in [3.63, 3.8) is 0 Å². The van der Waals surface area contributed by atoms with Crippen molar-refractivity contribution < 1.29 is 19.0 Å². The maximum absolute atomic E-state index is 14.2. The zero-order chi connectivity index (χ0) is 26.9. The number of fused-ring (bicyclic) bond motifs is 1. The lowest BCUT2D eigenvalue weighted by Crippen LogP contribution is -2.36. The molecule has 4 aromatic rings. The summed E-state index contributed by atoms with van der Waals surface area (Å²) in [6.45, 7) is 3.91. The highest BCUT2D eigenvalue weighted by molar-refractivity contribution is 7.98. The monoisotopic (exact) mass is 569 g/mol. The first kappa shape index (κ1) is 26.3. The SMILES string of the molecule is O=C(O)c1ccc2nc(CN3CCC(n4nccc4SCc4ccc(Cl)cc4F)CC3)n(C[C@@H]3CCO3)c2c1. The molecule has 11 heteroatoms. The van der Waals surface area contributed by atoms with Gasteiger partial charge >= 0.3 is 5.97 Å². The van der Waals surface area contributed by atoms with E-state index in [4.69, 9.17) is 21.3 Å². The van der Waals surface area contributed by atoms with Crippen molar-refractivity contribution >= 4 is 40.4 Å². The molecule has 0 aliphatic carbocycles.